The van der Waals surface area contributed by atoms with Gasteiger partial charge < -0.3 is 14.3 Å². The van der Waals surface area contributed by atoms with Gasteiger partial charge in [0, 0.05) is 25.6 Å². The lowest BCUT2D eigenvalue weighted by Gasteiger charge is -2.49. The van der Waals surface area contributed by atoms with Crippen molar-refractivity contribution in [3.63, 3.8) is 0 Å². The second-order valence-electron chi connectivity index (χ2n) is 6.56. The summed E-state index contributed by atoms with van der Waals surface area (Å²) in [6.45, 7) is 5.04. The molecule has 0 aliphatic carbocycles. The molecule has 1 atom stereocenters. The Hall–Kier alpha value is -1.59. The molecule has 2 aliphatic heterocycles. The predicted octanol–water partition coefficient (Wildman–Crippen LogP) is 1.94. The highest BCUT2D eigenvalue weighted by Gasteiger charge is 2.61. The second-order valence-corrected chi connectivity index (χ2v) is 9.01. The SMILES string of the molecule is CCOCC1CCS(=O)(=O)C12CN(Cc1ccco1)C2.O=C(O)C(F)(F)F. The van der Waals surface area contributed by atoms with Crippen LogP contribution in [-0.2, 0) is 25.9 Å². The van der Waals surface area contributed by atoms with Crippen LogP contribution in [-0.4, -0.2) is 67.4 Å². The highest BCUT2D eigenvalue weighted by Crippen LogP contribution is 2.45. The highest BCUT2D eigenvalue weighted by molar-refractivity contribution is 7.93. The number of nitrogens with zero attached hydrogens (tertiary/aromatic N) is 1. The van der Waals surface area contributed by atoms with Crippen molar-refractivity contribution in [3.05, 3.63) is 24.2 Å². The number of alkyl halides is 3. The van der Waals surface area contributed by atoms with Crippen LogP contribution in [0.5, 0.6) is 0 Å². The zero-order chi connectivity index (χ0) is 20.3. The van der Waals surface area contributed by atoms with Crippen molar-refractivity contribution >= 4 is 15.8 Å². The van der Waals surface area contributed by atoms with Crippen molar-refractivity contribution in [2.24, 2.45) is 5.92 Å². The molecule has 0 amide bonds. The van der Waals surface area contributed by atoms with Gasteiger partial charge >= 0.3 is 12.1 Å². The summed E-state index contributed by atoms with van der Waals surface area (Å²) in [5, 5.41) is 7.12. The minimum atomic E-state index is -5.08. The second kappa shape index (κ2) is 8.19. The zero-order valence-electron chi connectivity index (χ0n) is 14.7. The van der Waals surface area contributed by atoms with E-state index in [1.165, 1.54) is 0 Å². The summed E-state index contributed by atoms with van der Waals surface area (Å²) in [5.74, 6) is -1.43. The van der Waals surface area contributed by atoms with Crippen LogP contribution in [0.2, 0.25) is 0 Å². The van der Waals surface area contributed by atoms with Crippen LogP contribution in [0.1, 0.15) is 19.1 Å². The van der Waals surface area contributed by atoms with E-state index in [4.69, 9.17) is 19.1 Å². The van der Waals surface area contributed by atoms with E-state index in [0.29, 0.717) is 38.6 Å². The molecular weight excluding hydrogens is 391 g/mol. The Bertz CT molecular complexity index is 726. The molecule has 0 aromatic carbocycles. The van der Waals surface area contributed by atoms with Crippen LogP contribution < -0.4 is 0 Å². The molecule has 0 saturated carbocycles. The highest BCUT2D eigenvalue weighted by atomic mass is 32.2. The average molecular weight is 413 g/mol. The van der Waals surface area contributed by atoms with Crippen LogP contribution in [0, 0.1) is 5.92 Å². The molecule has 11 heteroatoms. The lowest BCUT2D eigenvalue weighted by atomic mass is 9.83. The standard InChI is InChI=1S/C14H21NO4S.C2HF3O2/c1-2-18-9-12-5-7-20(16,17)14(12)10-15(11-14)8-13-4-3-6-19-13;3-2(4,5)1(6)7/h3-4,6,12H,2,5,7-11H2,1H3;(H,6,7). The fourth-order valence-electron chi connectivity index (χ4n) is 3.41. The Balaban J connectivity index is 0.000000321. The molecule has 0 radical (unpaired) electrons. The minimum Gasteiger partial charge on any atom is -0.475 e. The van der Waals surface area contributed by atoms with E-state index in [2.05, 4.69) is 4.90 Å². The van der Waals surface area contributed by atoms with Gasteiger partial charge in [0.15, 0.2) is 9.84 Å². The summed E-state index contributed by atoms with van der Waals surface area (Å²) < 4.78 is 66.7. The Morgan fingerprint density at radius 2 is 2.07 bits per heavy atom. The summed E-state index contributed by atoms with van der Waals surface area (Å²) in [6.07, 6.45) is -2.70. The molecule has 3 rings (SSSR count). The number of ether oxygens (including phenoxy) is 1. The molecule has 7 nitrogen and oxygen atoms in total. The molecule has 1 unspecified atom stereocenters. The van der Waals surface area contributed by atoms with Crippen molar-refractivity contribution in [2.45, 2.75) is 30.8 Å². The summed E-state index contributed by atoms with van der Waals surface area (Å²) in [5.41, 5.74) is 0. The van der Waals surface area contributed by atoms with E-state index in [-0.39, 0.29) is 5.92 Å². The third-order valence-corrected chi connectivity index (χ3v) is 7.41. The lowest BCUT2D eigenvalue weighted by molar-refractivity contribution is -0.192. The van der Waals surface area contributed by atoms with Crippen LogP contribution in [0.4, 0.5) is 13.2 Å². The molecule has 2 fully saturated rings. The number of halogens is 3. The number of carbonyl (C=O) groups is 1. The van der Waals surface area contributed by atoms with E-state index in [1.807, 2.05) is 19.1 Å². The van der Waals surface area contributed by atoms with Gasteiger partial charge in [0.2, 0.25) is 0 Å². The summed E-state index contributed by atoms with van der Waals surface area (Å²) in [7, 11) is -2.99. The van der Waals surface area contributed by atoms with Crippen LogP contribution in [0.15, 0.2) is 22.8 Å². The quantitative estimate of drug-likeness (QED) is 0.788. The van der Waals surface area contributed by atoms with Gasteiger partial charge in [-0.1, -0.05) is 0 Å². The Kier molecular flexibility index (Phi) is 6.59. The number of sulfone groups is 1. The maximum absolute atomic E-state index is 12.4. The van der Waals surface area contributed by atoms with Gasteiger partial charge in [-0.15, -0.1) is 0 Å². The monoisotopic (exact) mass is 413 g/mol. The van der Waals surface area contributed by atoms with Gasteiger partial charge in [-0.2, -0.15) is 13.2 Å². The zero-order valence-corrected chi connectivity index (χ0v) is 15.6. The average Bonchev–Trinajstić information content (AvgIpc) is 3.12. The molecule has 1 spiro atoms. The van der Waals surface area contributed by atoms with E-state index >= 15 is 0 Å². The Morgan fingerprint density at radius 3 is 2.56 bits per heavy atom. The van der Waals surface area contributed by atoms with Crippen molar-refractivity contribution in [3.8, 4) is 0 Å². The number of hydrogen-bond donors (Lipinski definition) is 1. The number of rotatable bonds is 5. The largest absolute Gasteiger partial charge is 0.490 e. The van der Waals surface area contributed by atoms with E-state index < -0.39 is 26.7 Å². The van der Waals surface area contributed by atoms with Gasteiger partial charge in [-0.05, 0) is 25.5 Å². The summed E-state index contributed by atoms with van der Waals surface area (Å²) in [4.78, 5) is 11.0. The molecule has 27 heavy (non-hydrogen) atoms. The number of likely N-dealkylation sites (tertiary alicyclic amines) is 1. The summed E-state index contributed by atoms with van der Waals surface area (Å²) in [6, 6.07) is 3.78. The molecule has 1 aromatic rings. The maximum Gasteiger partial charge on any atom is 0.490 e. The first-order valence-electron chi connectivity index (χ1n) is 8.36. The predicted molar refractivity (Wildman–Crippen MR) is 88.8 cm³/mol. The molecule has 2 aliphatic rings. The first-order valence-corrected chi connectivity index (χ1v) is 10.0. The topological polar surface area (TPSA) is 97.1 Å². The van der Waals surface area contributed by atoms with Crippen molar-refractivity contribution in [1.29, 1.82) is 0 Å². The maximum atomic E-state index is 12.4. The van der Waals surface area contributed by atoms with Gasteiger partial charge in [-0.25, -0.2) is 13.2 Å². The molecular formula is C16H22F3NO6S. The first-order chi connectivity index (χ1) is 12.5. The van der Waals surface area contributed by atoms with Gasteiger partial charge in [0.05, 0.1) is 25.2 Å². The van der Waals surface area contributed by atoms with E-state index in [0.717, 1.165) is 12.2 Å². The Labute approximate surface area is 155 Å². The smallest absolute Gasteiger partial charge is 0.475 e. The van der Waals surface area contributed by atoms with Gasteiger partial charge in [0.25, 0.3) is 0 Å². The molecule has 0 bridgehead atoms. The lowest BCUT2D eigenvalue weighted by Crippen LogP contribution is -2.67. The molecule has 154 valence electrons. The fraction of sp³-hybridized carbons (Fsp3) is 0.688. The number of carboxylic acids is 1. The fourth-order valence-corrected chi connectivity index (χ4v) is 5.87. The minimum absolute atomic E-state index is 0.139. The molecule has 3 heterocycles. The normalized spacial score (nSPS) is 23.5. The number of hydrogen-bond acceptors (Lipinski definition) is 6. The number of carboxylic acid groups (broad SMARTS) is 1. The molecule has 1 aromatic heterocycles. The molecule has 2 saturated heterocycles. The van der Waals surface area contributed by atoms with E-state index in [9.17, 15) is 21.6 Å². The summed E-state index contributed by atoms with van der Waals surface area (Å²) >= 11 is 0. The van der Waals surface area contributed by atoms with Crippen molar-refractivity contribution in [1.82, 2.24) is 4.90 Å². The van der Waals surface area contributed by atoms with Crippen molar-refractivity contribution < 1.29 is 40.6 Å². The molecule has 1 N–H and O–H groups in total. The third-order valence-electron chi connectivity index (χ3n) is 4.81. The number of furan rings is 1. The van der Waals surface area contributed by atoms with Crippen LogP contribution >= 0.6 is 0 Å². The van der Waals surface area contributed by atoms with Gasteiger partial charge in [-0.3, -0.25) is 4.90 Å². The van der Waals surface area contributed by atoms with Gasteiger partial charge in [0.1, 0.15) is 10.5 Å². The van der Waals surface area contributed by atoms with Crippen molar-refractivity contribution in [2.75, 3.05) is 32.1 Å². The Morgan fingerprint density at radius 1 is 1.44 bits per heavy atom. The third kappa shape index (κ3) is 4.82. The van der Waals surface area contributed by atoms with E-state index in [1.54, 1.807) is 6.26 Å². The van der Waals surface area contributed by atoms with Crippen LogP contribution in [0.25, 0.3) is 0 Å². The first kappa shape index (κ1) is 21.7. The van der Waals surface area contributed by atoms with Crippen LogP contribution in [0.3, 0.4) is 0 Å². The number of aliphatic carboxylic acids is 1.